The molecule has 5 nitrogen and oxygen atoms in total. The number of anilines is 2. The number of hydrogen-bond acceptors (Lipinski definition) is 4. The molecule has 0 saturated carbocycles. The van der Waals surface area contributed by atoms with Crippen LogP contribution in [0.5, 0.6) is 0 Å². The molecule has 15 heavy (non-hydrogen) atoms. The van der Waals surface area contributed by atoms with Crippen molar-refractivity contribution in [2.24, 2.45) is 0 Å². The molecule has 1 fully saturated rings. The van der Waals surface area contributed by atoms with Gasteiger partial charge < -0.3 is 15.4 Å². The maximum absolute atomic E-state index is 11.6. The van der Waals surface area contributed by atoms with E-state index >= 15 is 0 Å². The van der Waals surface area contributed by atoms with Gasteiger partial charge in [-0.15, -0.1) is 0 Å². The van der Waals surface area contributed by atoms with E-state index in [-0.39, 0.29) is 12.5 Å². The highest BCUT2D eigenvalue weighted by atomic mass is 16.5. The number of nitrogens with two attached hydrogens (primary N) is 1. The van der Waals surface area contributed by atoms with Crippen LogP contribution in [0.2, 0.25) is 0 Å². The third-order valence-corrected chi connectivity index (χ3v) is 2.38. The Kier molecular flexibility index (Phi) is 2.55. The Morgan fingerprint density at radius 3 is 3.07 bits per heavy atom. The van der Waals surface area contributed by atoms with Crippen LogP contribution in [0.15, 0.2) is 12.3 Å². The lowest BCUT2D eigenvalue weighted by molar-refractivity contribution is -0.125. The number of nitrogens with zero attached hydrogens (tertiary/aromatic N) is 2. The molecule has 1 aliphatic rings. The van der Waals surface area contributed by atoms with Crippen LogP contribution in [0.1, 0.15) is 5.56 Å². The van der Waals surface area contributed by atoms with Gasteiger partial charge >= 0.3 is 0 Å². The van der Waals surface area contributed by atoms with Gasteiger partial charge in [0.25, 0.3) is 5.91 Å². The van der Waals surface area contributed by atoms with Crippen LogP contribution in [-0.2, 0) is 9.53 Å². The highest BCUT2D eigenvalue weighted by Crippen LogP contribution is 2.21. The van der Waals surface area contributed by atoms with Gasteiger partial charge in [0, 0.05) is 6.54 Å². The fourth-order valence-electron chi connectivity index (χ4n) is 1.63. The van der Waals surface area contributed by atoms with Gasteiger partial charge in [0.05, 0.1) is 18.5 Å². The second kappa shape index (κ2) is 3.86. The Hall–Kier alpha value is -1.62. The van der Waals surface area contributed by atoms with E-state index in [9.17, 15) is 4.79 Å². The molecule has 1 saturated heterocycles. The van der Waals surface area contributed by atoms with Crippen LogP contribution in [0.3, 0.4) is 0 Å². The summed E-state index contributed by atoms with van der Waals surface area (Å²) in [5.74, 6) is 0.438. The Balaban J connectivity index is 2.31. The van der Waals surface area contributed by atoms with Crippen molar-refractivity contribution in [3.63, 3.8) is 0 Å². The molecule has 0 unspecified atom stereocenters. The van der Waals surface area contributed by atoms with Crippen molar-refractivity contribution in [2.45, 2.75) is 6.92 Å². The summed E-state index contributed by atoms with van der Waals surface area (Å²) in [5, 5.41) is 0. The zero-order chi connectivity index (χ0) is 10.8. The molecule has 0 atom stereocenters. The molecule has 2 heterocycles. The fraction of sp³-hybridized carbons (Fsp3) is 0.400. The fourth-order valence-corrected chi connectivity index (χ4v) is 1.63. The molecule has 0 aliphatic carbocycles. The maximum atomic E-state index is 11.6. The van der Waals surface area contributed by atoms with Gasteiger partial charge in [-0.1, -0.05) is 0 Å². The number of amides is 1. The van der Waals surface area contributed by atoms with Crippen LogP contribution < -0.4 is 10.6 Å². The average Bonchev–Trinajstić information content (AvgIpc) is 2.20. The molecule has 0 radical (unpaired) electrons. The third kappa shape index (κ3) is 1.92. The van der Waals surface area contributed by atoms with Crippen LogP contribution in [0, 0.1) is 6.92 Å². The van der Waals surface area contributed by atoms with Gasteiger partial charge in [-0.3, -0.25) is 4.79 Å². The number of pyridine rings is 1. The van der Waals surface area contributed by atoms with Crippen molar-refractivity contribution in [1.82, 2.24) is 4.98 Å². The first kappa shape index (κ1) is 9.92. The van der Waals surface area contributed by atoms with Gasteiger partial charge in [0.1, 0.15) is 12.4 Å². The molecule has 2 rings (SSSR count). The largest absolute Gasteiger partial charge is 0.384 e. The number of ether oxygens (including phenoxy) is 1. The number of carbonyl (C=O) groups excluding carboxylic acids is 1. The Labute approximate surface area is 87.8 Å². The monoisotopic (exact) mass is 207 g/mol. The van der Waals surface area contributed by atoms with Crippen molar-refractivity contribution < 1.29 is 9.53 Å². The molecule has 0 aromatic carbocycles. The minimum absolute atomic E-state index is 0.0316. The second-order valence-corrected chi connectivity index (χ2v) is 3.49. The molecule has 1 amide bonds. The molecular formula is C10H13N3O2. The molecule has 0 bridgehead atoms. The van der Waals surface area contributed by atoms with Gasteiger partial charge in [-0.2, -0.15) is 0 Å². The lowest BCUT2D eigenvalue weighted by Crippen LogP contribution is -2.42. The van der Waals surface area contributed by atoms with E-state index in [2.05, 4.69) is 4.98 Å². The lowest BCUT2D eigenvalue weighted by Gasteiger charge is -2.27. The number of nitrogen functional groups attached to an aromatic ring is 1. The molecule has 5 heteroatoms. The van der Waals surface area contributed by atoms with Crippen molar-refractivity contribution >= 4 is 17.4 Å². The molecule has 0 spiro atoms. The topological polar surface area (TPSA) is 68.4 Å². The predicted octanol–water partition coefficient (Wildman–Crippen LogP) is 0.335. The number of rotatable bonds is 1. The molecular weight excluding hydrogens is 194 g/mol. The van der Waals surface area contributed by atoms with E-state index in [1.54, 1.807) is 17.2 Å². The van der Waals surface area contributed by atoms with Gasteiger partial charge in [-0.05, 0) is 18.6 Å². The Morgan fingerprint density at radius 2 is 2.40 bits per heavy atom. The van der Waals surface area contributed by atoms with Crippen molar-refractivity contribution in [2.75, 3.05) is 30.4 Å². The molecule has 80 valence electrons. The molecule has 1 aliphatic heterocycles. The highest BCUT2D eigenvalue weighted by molar-refractivity contribution is 5.95. The first-order valence-corrected chi connectivity index (χ1v) is 4.78. The quantitative estimate of drug-likeness (QED) is 0.720. The smallest absolute Gasteiger partial charge is 0.253 e. The number of hydrogen-bond donors (Lipinski definition) is 1. The van der Waals surface area contributed by atoms with Crippen molar-refractivity contribution in [3.8, 4) is 0 Å². The summed E-state index contributed by atoms with van der Waals surface area (Å²) in [4.78, 5) is 17.3. The van der Waals surface area contributed by atoms with E-state index in [1.807, 2.05) is 6.92 Å². The van der Waals surface area contributed by atoms with E-state index in [1.165, 1.54) is 0 Å². The van der Waals surface area contributed by atoms with Crippen LogP contribution >= 0.6 is 0 Å². The summed E-state index contributed by atoms with van der Waals surface area (Å²) >= 11 is 0. The second-order valence-electron chi connectivity index (χ2n) is 3.49. The van der Waals surface area contributed by atoms with E-state index < -0.39 is 0 Å². The minimum atomic E-state index is -0.0316. The molecule has 2 N–H and O–H groups in total. The van der Waals surface area contributed by atoms with E-state index in [0.29, 0.717) is 19.0 Å². The van der Waals surface area contributed by atoms with Gasteiger partial charge in [0.15, 0.2) is 0 Å². The van der Waals surface area contributed by atoms with Gasteiger partial charge in [-0.25, -0.2) is 4.98 Å². The third-order valence-electron chi connectivity index (χ3n) is 2.38. The zero-order valence-corrected chi connectivity index (χ0v) is 8.56. The Morgan fingerprint density at radius 1 is 1.60 bits per heavy atom. The first-order valence-electron chi connectivity index (χ1n) is 4.78. The summed E-state index contributed by atoms with van der Waals surface area (Å²) in [6.07, 6.45) is 1.63. The van der Waals surface area contributed by atoms with E-state index in [0.717, 1.165) is 11.3 Å². The SMILES string of the molecule is Cc1cc(N)ncc1N1CCOCC1=O. The highest BCUT2D eigenvalue weighted by Gasteiger charge is 2.21. The number of aryl methyl sites for hydroxylation is 1. The standard InChI is InChI=1S/C10H13N3O2/c1-7-4-9(11)12-5-8(7)13-2-3-15-6-10(13)14/h4-5H,2-3,6H2,1H3,(H2,11,12). The Bertz CT molecular complexity index is 392. The number of morpholine rings is 1. The summed E-state index contributed by atoms with van der Waals surface area (Å²) in [6, 6.07) is 1.76. The lowest BCUT2D eigenvalue weighted by atomic mass is 10.2. The average molecular weight is 207 g/mol. The summed E-state index contributed by atoms with van der Waals surface area (Å²) in [5.41, 5.74) is 7.33. The van der Waals surface area contributed by atoms with E-state index in [4.69, 9.17) is 10.5 Å². The number of carbonyl (C=O) groups is 1. The minimum Gasteiger partial charge on any atom is -0.384 e. The van der Waals surface area contributed by atoms with Crippen LogP contribution in [-0.4, -0.2) is 30.6 Å². The summed E-state index contributed by atoms with van der Waals surface area (Å²) < 4.78 is 5.06. The molecule has 1 aromatic rings. The van der Waals surface area contributed by atoms with Gasteiger partial charge in [0.2, 0.25) is 0 Å². The zero-order valence-electron chi connectivity index (χ0n) is 8.56. The first-order chi connectivity index (χ1) is 7.18. The van der Waals surface area contributed by atoms with Crippen molar-refractivity contribution in [1.29, 1.82) is 0 Å². The summed E-state index contributed by atoms with van der Waals surface area (Å²) in [6.45, 7) is 3.20. The maximum Gasteiger partial charge on any atom is 0.253 e. The van der Waals surface area contributed by atoms with Crippen LogP contribution in [0.25, 0.3) is 0 Å². The number of aromatic nitrogens is 1. The predicted molar refractivity (Wildman–Crippen MR) is 56.6 cm³/mol. The summed E-state index contributed by atoms with van der Waals surface area (Å²) in [7, 11) is 0. The van der Waals surface area contributed by atoms with Crippen molar-refractivity contribution in [3.05, 3.63) is 17.8 Å². The molecule has 1 aromatic heterocycles. The van der Waals surface area contributed by atoms with Crippen LogP contribution in [0.4, 0.5) is 11.5 Å². The normalized spacial score (nSPS) is 16.9.